The van der Waals surface area contributed by atoms with Crippen LogP contribution in [0.4, 0.5) is 0 Å². The predicted octanol–water partition coefficient (Wildman–Crippen LogP) is 4.25. The van der Waals surface area contributed by atoms with Gasteiger partial charge in [-0.15, -0.1) is 0 Å². The maximum atomic E-state index is 12.9. The van der Waals surface area contributed by atoms with Crippen LogP contribution in [-0.2, 0) is 13.0 Å². The number of amides is 1. The highest BCUT2D eigenvalue weighted by Crippen LogP contribution is 2.32. The third-order valence-electron chi connectivity index (χ3n) is 5.64. The Labute approximate surface area is 189 Å². The largest absolute Gasteiger partial charge is 0.454 e. The number of hydrogen-bond donors (Lipinski definition) is 1. The van der Waals surface area contributed by atoms with Gasteiger partial charge in [-0.05, 0) is 54.8 Å². The zero-order chi connectivity index (χ0) is 22.2. The summed E-state index contributed by atoms with van der Waals surface area (Å²) in [5, 5.41) is 8.08. The second-order valence-electron chi connectivity index (χ2n) is 7.73. The van der Waals surface area contributed by atoms with Gasteiger partial charge in [0.15, 0.2) is 17.1 Å². The van der Waals surface area contributed by atoms with Gasteiger partial charge in [0, 0.05) is 29.4 Å². The van der Waals surface area contributed by atoms with Gasteiger partial charge in [-0.3, -0.25) is 4.79 Å². The standard InChI is InChI=1S/C24H21ClN4O3/c1-14-19(9-16-3-6-18(25)7-4-16)15(2)29-23(28-14)20(12-27-29)24(30)26-11-17-5-8-21-22(10-17)32-13-31-21/h3-8,10,12H,9,11,13H2,1-2H3,(H,26,30). The summed E-state index contributed by atoms with van der Waals surface area (Å²) >= 11 is 6.00. The fourth-order valence-corrected chi connectivity index (χ4v) is 3.99. The first-order valence-electron chi connectivity index (χ1n) is 10.2. The van der Waals surface area contributed by atoms with E-state index >= 15 is 0 Å². The molecule has 3 heterocycles. The number of fused-ring (bicyclic) bond motifs is 2. The summed E-state index contributed by atoms with van der Waals surface area (Å²) in [4.78, 5) is 17.6. The molecule has 0 radical (unpaired) electrons. The lowest BCUT2D eigenvalue weighted by Crippen LogP contribution is -2.23. The van der Waals surface area contributed by atoms with Crippen molar-refractivity contribution in [3.8, 4) is 11.5 Å². The van der Waals surface area contributed by atoms with Gasteiger partial charge in [-0.1, -0.05) is 29.8 Å². The van der Waals surface area contributed by atoms with Gasteiger partial charge in [-0.25, -0.2) is 9.50 Å². The van der Waals surface area contributed by atoms with Crippen LogP contribution in [0.2, 0.25) is 5.02 Å². The summed E-state index contributed by atoms with van der Waals surface area (Å²) in [6, 6.07) is 13.4. The van der Waals surface area contributed by atoms with Crippen molar-refractivity contribution < 1.29 is 14.3 Å². The molecule has 1 N–H and O–H groups in total. The zero-order valence-electron chi connectivity index (χ0n) is 17.7. The first kappa shape index (κ1) is 20.3. The van der Waals surface area contributed by atoms with Crippen LogP contribution in [-0.4, -0.2) is 27.3 Å². The lowest BCUT2D eigenvalue weighted by atomic mass is 10.0. The molecule has 2 aromatic heterocycles. The molecular formula is C24H21ClN4O3. The topological polar surface area (TPSA) is 77.8 Å². The quantitative estimate of drug-likeness (QED) is 0.494. The molecule has 32 heavy (non-hydrogen) atoms. The van der Waals surface area contributed by atoms with E-state index in [2.05, 4.69) is 10.4 Å². The number of rotatable bonds is 5. The highest BCUT2D eigenvalue weighted by molar-refractivity contribution is 6.30. The Morgan fingerprint density at radius 3 is 2.66 bits per heavy atom. The minimum Gasteiger partial charge on any atom is -0.454 e. The van der Waals surface area contributed by atoms with E-state index in [0.717, 1.165) is 28.1 Å². The molecule has 0 unspecified atom stereocenters. The van der Waals surface area contributed by atoms with Crippen molar-refractivity contribution >= 4 is 23.2 Å². The van der Waals surface area contributed by atoms with Crippen LogP contribution in [0, 0.1) is 13.8 Å². The molecule has 0 saturated heterocycles. The highest BCUT2D eigenvalue weighted by atomic mass is 35.5. The minimum atomic E-state index is -0.227. The van der Waals surface area contributed by atoms with Crippen LogP contribution < -0.4 is 14.8 Å². The fourth-order valence-electron chi connectivity index (χ4n) is 3.86. The van der Waals surface area contributed by atoms with Crippen LogP contribution in [0.5, 0.6) is 11.5 Å². The lowest BCUT2D eigenvalue weighted by Gasteiger charge is -2.12. The van der Waals surface area contributed by atoms with E-state index in [0.29, 0.717) is 40.7 Å². The van der Waals surface area contributed by atoms with E-state index in [4.69, 9.17) is 26.1 Å². The van der Waals surface area contributed by atoms with Crippen molar-refractivity contribution in [3.63, 3.8) is 0 Å². The SMILES string of the molecule is Cc1nc2c(C(=O)NCc3ccc4c(c3)OCO4)cnn2c(C)c1Cc1ccc(Cl)cc1. The molecule has 162 valence electrons. The smallest absolute Gasteiger partial charge is 0.257 e. The molecule has 0 aliphatic carbocycles. The monoisotopic (exact) mass is 448 g/mol. The number of nitrogens with zero attached hydrogens (tertiary/aromatic N) is 3. The van der Waals surface area contributed by atoms with Crippen molar-refractivity contribution in [2.75, 3.05) is 6.79 Å². The fraction of sp³-hybridized carbons (Fsp3) is 0.208. The Morgan fingerprint density at radius 2 is 1.84 bits per heavy atom. The van der Waals surface area contributed by atoms with Crippen LogP contribution in [0.15, 0.2) is 48.7 Å². The summed E-state index contributed by atoms with van der Waals surface area (Å²) in [6.07, 6.45) is 2.28. The van der Waals surface area contributed by atoms with Crippen molar-refractivity contribution in [1.29, 1.82) is 0 Å². The first-order chi connectivity index (χ1) is 15.5. The zero-order valence-corrected chi connectivity index (χ0v) is 18.4. The lowest BCUT2D eigenvalue weighted by molar-refractivity contribution is 0.0952. The average Bonchev–Trinajstić information content (AvgIpc) is 3.43. The van der Waals surface area contributed by atoms with E-state index < -0.39 is 0 Å². The normalized spacial score (nSPS) is 12.3. The Hall–Kier alpha value is -3.58. The number of benzene rings is 2. The number of nitrogens with one attached hydrogen (secondary N) is 1. The molecule has 2 aromatic carbocycles. The molecule has 4 aromatic rings. The summed E-state index contributed by atoms with van der Waals surface area (Å²) in [6.45, 7) is 4.53. The maximum Gasteiger partial charge on any atom is 0.257 e. The number of carbonyl (C=O) groups is 1. The van der Waals surface area contributed by atoms with E-state index in [1.165, 1.54) is 0 Å². The average molecular weight is 449 g/mol. The van der Waals surface area contributed by atoms with E-state index in [1.807, 2.05) is 56.3 Å². The predicted molar refractivity (Wildman–Crippen MR) is 120 cm³/mol. The third kappa shape index (κ3) is 3.76. The molecule has 0 atom stereocenters. The second-order valence-corrected chi connectivity index (χ2v) is 8.16. The van der Waals surface area contributed by atoms with Crippen LogP contribution in [0.3, 0.4) is 0 Å². The molecule has 5 rings (SSSR count). The molecule has 0 saturated carbocycles. The molecule has 0 spiro atoms. The number of aryl methyl sites for hydroxylation is 2. The van der Waals surface area contributed by atoms with Crippen molar-refractivity contribution in [1.82, 2.24) is 19.9 Å². The molecule has 0 fully saturated rings. The van der Waals surface area contributed by atoms with E-state index in [1.54, 1.807) is 10.7 Å². The third-order valence-corrected chi connectivity index (χ3v) is 5.89. The van der Waals surface area contributed by atoms with Gasteiger partial charge in [0.25, 0.3) is 5.91 Å². The Morgan fingerprint density at radius 1 is 1.09 bits per heavy atom. The molecular weight excluding hydrogens is 428 g/mol. The number of hydrogen-bond acceptors (Lipinski definition) is 5. The van der Waals surface area contributed by atoms with E-state index in [9.17, 15) is 4.79 Å². The van der Waals surface area contributed by atoms with Crippen molar-refractivity contribution in [3.05, 3.63) is 87.3 Å². The van der Waals surface area contributed by atoms with Crippen molar-refractivity contribution in [2.24, 2.45) is 0 Å². The molecule has 0 bridgehead atoms. The molecule has 1 aliphatic heterocycles. The summed E-state index contributed by atoms with van der Waals surface area (Å²) in [7, 11) is 0. The van der Waals surface area contributed by atoms with Crippen LogP contribution in [0.1, 0.15) is 38.4 Å². The number of carbonyl (C=O) groups excluding carboxylic acids is 1. The number of ether oxygens (including phenoxy) is 2. The highest BCUT2D eigenvalue weighted by Gasteiger charge is 2.19. The van der Waals surface area contributed by atoms with Crippen LogP contribution in [0.25, 0.3) is 5.65 Å². The van der Waals surface area contributed by atoms with Gasteiger partial charge < -0.3 is 14.8 Å². The van der Waals surface area contributed by atoms with Gasteiger partial charge in [0.05, 0.1) is 6.20 Å². The van der Waals surface area contributed by atoms with Gasteiger partial charge >= 0.3 is 0 Å². The summed E-state index contributed by atoms with van der Waals surface area (Å²) in [5.74, 6) is 1.18. The number of halogens is 1. The van der Waals surface area contributed by atoms with Gasteiger partial charge in [-0.2, -0.15) is 5.10 Å². The first-order valence-corrected chi connectivity index (χ1v) is 10.6. The summed E-state index contributed by atoms with van der Waals surface area (Å²) < 4.78 is 12.5. The van der Waals surface area contributed by atoms with Gasteiger partial charge in [0.1, 0.15) is 5.56 Å². The molecule has 1 amide bonds. The molecule has 1 aliphatic rings. The Kier molecular flexibility index (Phi) is 5.19. The molecule has 8 heteroatoms. The molecule has 7 nitrogen and oxygen atoms in total. The maximum absolute atomic E-state index is 12.9. The minimum absolute atomic E-state index is 0.220. The van der Waals surface area contributed by atoms with Gasteiger partial charge in [0.2, 0.25) is 6.79 Å². The van der Waals surface area contributed by atoms with Crippen molar-refractivity contribution in [2.45, 2.75) is 26.8 Å². The second kappa shape index (κ2) is 8.16. The van der Waals surface area contributed by atoms with E-state index in [-0.39, 0.29) is 12.7 Å². The number of aromatic nitrogens is 3. The summed E-state index contributed by atoms with van der Waals surface area (Å²) in [5.41, 5.74) is 5.95. The van der Waals surface area contributed by atoms with Crippen LogP contribution >= 0.6 is 11.6 Å². The Bertz CT molecular complexity index is 1330. The Balaban J connectivity index is 1.37.